The maximum Gasteiger partial charge on any atom is 0.287 e. The van der Waals surface area contributed by atoms with E-state index < -0.39 is 0 Å². The second-order valence-electron chi connectivity index (χ2n) is 3.98. The molecule has 2 rings (SSSR count). The average molecular weight is 300 g/mol. The van der Waals surface area contributed by atoms with Gasteiger partial charge in [-0.1, -0.05) is 16.8 Å². The number of aromatic nitrogens is 4. The Balaban J connectivity index is 2.09. The lowest BCUT2D eigenvalue weighted by atomic mass is 10.4. The number of hydrogen-bond donors (Lipinski definition) is 1. The smallest absolute Gasteiger partial charge is 0.287 e. The Morgan fingerprint density at radius 3 is 3.00 bits per heavy atom. The molecule has 0 aromatic carbocycles. The summed E-state index contributed by atoms with van der Waals surface area (Å²) in [4.78, 5) is 16.0. The highest BCUT2D eigenvalue weighted by Crippen LogP contribution is 2.15. The molecular formula is C11H14ClN5O3. The lowest BCUT2D eigenvalue weighted by Gasteiger charge is -2.08. The van der Waals surface area contributed by atoms with E-state index in [1.807, 2.05) is 0 Å². The first-order chi connectivity index (χ1) is 9.61. The number of nitrogens with zero attached hydrogens (tertiary/aromatic N) is 4. The summed E-state index contributed by atoms with van der Waals surface area (Å²) >= 11 is 6.01. The van der Waals surface area contributed by atoms with Crippen LogP contribution in [0.5, 0.6) is 0 Å². The van der Waals surface area contributed by atoms with Crippen LogP contribution in [0.15, 0.2) is 15.5 Å². The highest BCUT2D eigenvalue weighted by molar-refractivity contribution is 6.32. The molecule has 0 spiro atoms. The molecule has 2 aromatic heterocycles. The van der Waals surface area contributed by atoms with Crippen molar-refractivity contribution in [3.63, 3.8) is 0 Å². The first-order valence-electron chi connectivity index (χ1n) is 5.89. The molecule has 0 fully saturated rings. The van der Waals surface area contributed by atoms with E-state index in [4.69, 9.17) is 20.9 Å². The highest BCUT2D eigenvalue weighted by atomic mass is 35.5. The molecule has 2 heterocycles. The predicted octanol–water partition coefficient (Wildman–Crippen LogP) is 0.847. The Morgan fingerprint density at radius 2 is 2.35 bits per heavy atom. The Labute approximate surface area is 119 Å². The number of anilines is 1. The SMILES string of the molecule is COCCn1ncc(NCc2noc(C)n2)c(Cl)c1=O. The number of rotatable bonds is 6. The maximum absolute atomic E-state index is 11.9. The quantitative estimate of drug-likeness (QED) is 0.844. The predicted molar refractivity (Wildman–Crippen MR) is 71.7 cm³/mol. The molecule has 0 aliphatic rings. The third-order valence-electron chi connectivity index (χ3n) is 2.50. The fraction of sp³-hybridized carbons (Fsp3) is 0.455. The average Bonchev–Trinajstić information content (AvgIpc) is 2.85. The minimum atomic E-state index is -0.377. The summed E-state index contributed by atoms with van der Waals surface area (Å²) in [5, 5.41) is 10.7. The fourth-order valence-electron chi connectivity index (χ4n) is 1.51. The van der Waals surface area contributed by atoms with E-state index in [2.05, 4.69) is 20.6 Å². The van der Waals surface area contributed by atoms with Crippen molar-refractivity contribution in [3.05, 3.63) is 33.3 Å². The van der Waals surface area contributed by atoms with E-state index in [1.165, 1.54) is 10.9 Å². The highest BCUT2D eigenvalue weighted by Gasteiger charge is 2.10. The van der Waals surface area contributed by atoms with Crippen molar-refractivity contribution in [1.82, 2.24) is 19.9 Å². The summed E-state index contributed by atoms with van der Waals surface area (Å²) in [6.45, 7) is 2.72. The van der Waals surface area contributed by atoms with E-state index in [1.54, 1.807) is 14.0 Å². The number of aryl methyl sites for hydroxylation is 1. The molecule has 9 heteroatoms. The molecule has 108 valence electrons. The number of ether oxygens (including phenoxy) is 1. The van der Waals surface area contributed by atoms with Gasteiger partial charge in [0.05, 0.1) is 31.6 Å². The number of methoxy groups -OCH3 is 1. The normalized spacial score (nSPS) is 10.8. The number of halogens is 1. The van der Waals surface area contributed by atoms with Crippen LogP contribution in [0.2, 0.25) is 5.02 Å². The van der Waals surface area contributed by atoms with Crippen LogP contribution in [-0.4, -0.2) is 33.6 Å². The molecule has 8 nitrogen and oxygen atoms in total. The Morgan fingerprint density at radius 1 is 1.55 bits per heavy atom. The van der Waals surface area contributed by atoms with E-state index in [9.17, 15) is 4.79 Å². The maximum atomic E-state index is 11.9. The van der Waals surface area contributed by atoms with Crippen LogP contribution in [0.1, 0.15) is 11.7 Å². The van der Waals surface area contributed by atoms with Crippen molar-refractivity contribution in [1.29, 1.82) is 0 Å². The lowest BCUT2D eigenvalue weighted by Crippen LogP contribution is -2.26. The minimum Gasteiger partial charge on any atom is -0.383 e. The van der Waals surface area contributed by atoms with Crippen molar-refractivity contribution >= 4 is 17.3 Å². The van der Waals surface area contributed by atoms with Gasteiger partial charge in [0.2, 0.25) is 5.89 Å². The molecule has 0 unspecified atom stereocenters. The van der Waals surface area contributed by atoms with Gasteiger partial charge in [-0.25, -0.2) is 4.68 Å². The van der Waals surface area contributed by atoms with Gasteiger partial charge in [0.25, 0.3) is 5.56 Å². The second kappa shape index (κ2) is 6.49. The van der Waals surface area contributed by atoms with Gasteiger partial charge in [-0.3, -0.25) is 4.79 Å². The first-order valence-corrected chi connectivity index (χ1v) is 6.27. The fourth-order valence-corrected chi connectivity index (χ4v) is 1.73. The van der Waals surface area contributed by atoms with Crippen molar-refractivity contribution in [3.8, 4) is 0 Å². The Kier molecular flexibility index (Phi) is 4.70. The van der Waals surface area contributed by atoms with Crippen molar-refractivity contribution in [2.24, 2.45) is 0 Å². The van der Waals surface area contributed by atoms with Crippen LogP contribution >= 0.6 is 11.6 Å². The molecule has 0 amide bonds. The second-order valence-corrected chi connectivity index (χ2v) is 4.35. The Hall–Kier alpha value is -1.93. The topological polar surface area (TPSA) is 95.1 Å². The van der Waals surface area contributed by atoms with E-state index >= 15 is 0 Å². The van der Waals surface area contributed by atoms with Crippen molar-refractivity contribution in [2.45, 2.75) is 20.0 Å². The molecule has 1 N–H and O–H groups in total. The molecule has 20 heavy (non-hydrogen) atoms. The summed E-state index contributed by atoms with van der Waals surface area (Å²) in [5.41, 5.74) is 0.0470. The van der Waals surface area contributed by atoms with Crippen molar-refractivity contribution in [2.75, 3.05) is 19.0 Å². The summed E-state index contributed by atoms with van der Waals surface area (Å²) in [6.07, 6.45) is 1.48. The molecule has 0 atom stereocenters. The molecule has 0 saturated heterocycles. The van der Waals surface area contributed by atoms with Crippen LogP contribution in [0.4, 0.5) is 5.69 Å². The molecule has 0 aliphatic heterocycles. The van der Waals surface area contributed by atoms with E-state index in [0.29, 0.717) is 37.1 Å². The van der Waals surface area contributed by atoms with E-state index in [-0.39, 0.29) is 10.6 Å². The standard InChI is InChI=1S/C11H14ClN5O3/c1-7-15-9(16-20-7)6-13-8-5-14-17(3-4-19-2)11(18)10(8)12/h5,13H,3-4,6H2,1-2H3. The third kappa shape index (κ3) is 3.34. The monoisotopic (exact) mass is 299 g/mol. The Bertz CT molecular complexity index is 639. The lowest BCUT2D eigenvalue weighted by molar-refractivity contribution is 0.182. The molecule has 0 radical (unpaired) electrons. The van der Waals surface area contributed by atoms with Gasteiger partial charge < -0.3 is 14.6 Å². The van der Waals surface area contributed by atoms with Crippen LogP contribution in [0.3, 0.4) is 0 Å². The van der Waals surface area contributed by atoms with Crippen LogP contribution < -0.4 is 10.9 Å². The van der Waals surface area contributed by atoms with Crippen LogP contribution in [-0.2, 0) is 17.8 Å². The molecule has 0 saturated carbocycles. The van der Waals surface area contributed by atoms with Gasteiger partial charge in [0.15, 0.2) is 5.82 Å². The van der Waals surface area contributed by atoms with Crippen LogP contribution in [0, 0.1) is 6.92 Å². The third-order valence-corrected chi connectivity index (χ3v) is 2.86. The molecule has 2 aromatic rings. The summed E-state index contributed by atoms with van der Waals surface area (Å²) in [6, 6.07) is 0. The largest absolute Gasteiger partial charge is 0.383 e. The number of hydrogen-bond acceptors (Lipinski definition) is 7. The van der Waals surface area contributed by atoms with Gasteiger partial charge in [0.1, 0.15) is 5.02 Å². The minimum absolute atomic E-state index is 0.0660. The summed E-state index contributed by atoms with van der Waals surface area (Å²) in [5.74, 6) is 0.947. The van der Waals surface area contributed by atoms with Crippen LogP contribution in [0.25, 0.3) is 0 Å². The van der Waals surface area contributed by atoms with E-state index in [0.717, 1.165) is 0 Å². The zero-order valence-corrected chi connectivity index (χ0v) is 11.8. The molecular weight excluding hydrogens is 286 g/mol. The summed E-state index contributed by atoms with van der Waals surface area (Å²) in [7, 11) is 1.55. The van der Waals surface area contributed by atoms with Gasteiger partial charge in [0, 0.05) is 14.0 Å². The van der Waals surface area contributed by atoms with Gasteiger partial charge in [-0.05, 0) is 0 Å². The zero-order valence-electron chi connectivity index (χ0n) is 11.1. The van der Waals surface area contributed by atoms with Crippen molar-refractivity contribution < 1.29 is 9.26 Å². The van der Waals surface area contributed by atoms with Gasteiger partial charge in [-0.2, -0.15) is 10.1 Å². The molecule has 0 aliphatic carbocycles. The van der Waals surface area contributed by atoms with Gasteiger partial charge in [-0.15, -0.1) is 0 Å². The summed E-state index contributed by atoms with van der Waals surface area (Å²) < 4.78 is 11.0. The first kappa shape index (κ1) is 14.5. The zero-order chi connectivity index (χ0) is 14.5. The number of nitrogens with one attached hydrogen (secondary N) is 1. The molecule has 0 bridgehead atoms. The van der Waals surface area contributed by atoms with Gasteiger partial charge >= 0.3 is 0 Å².